The number of nitrogens with two attached hydrogens (primary N) is 1. The highest BCUT2D eigenvalue weighted by atomic mass is 16.5. The summed E-state index contributed by atoms with van der Waals surface area (Å²) in [6, 6.07) is 14.0. The van der Waals surface area contributed by atoms with Gasteiger partial charge in [-0.1, -0.05) is 29.4 Å². The Hall–Kier alpha value is -4.08. The van der Waals surface area contributed by atoms with Gasteiger partial charge in [0.1, 0.15) is 12.3 Å². The van der Waals surface area contributed by atoms with Gasteiger partial charge in [0.15, 0.2) is 0 Å². The second-order valence-corrected chi connectivity index (χ2v) is 5.80. The van der Waals surface area contributed by atoms with Crippen LogP contribution in [-0.4, -0.2) is 43.4 Å². The zero-order valence-electron chi connectivity index (χ0n) is 14.8. The highest BCUT2D eigenvalue weighted by molar-refractivity contribution is 5.93. The fraction of sp³-hybridized carbons (Fsp3) is 0.111. The van der Waals surface area contributed by atoms with E-state index in [9.17, 15) is 4.79 Å². The van der Waals surface area contributed by atoms with E-state index in [-0.39, 0.29) is 6.54 Å². The third-order valence-corrected chi connectivity index (χ3v) is 3.97. The van der Waals surface area contributed by atoms with Crippen LogP contribution in [0.1, 0.15) is 16.2 Å². The Morgan fingerprint density at radius 2 is 1.93 bits per heavy atom. The molecule has 2 aromatic heterocycles. The van der Waals surface area contributed by atoms with Crippen molar-refractivity contribution < 1.29 is 14.1 Å². The lowest BCUT2D eigenvalue weighted by molar-refractivity contribution is 0.100. The molecule has 0 bridgehead atoms. The van der Waals surface area contributed by atoms with Crippen molar-refractivity contribution in [1.82, 2.24) is 30.3 Å². The average molecular weight is 377 g/mol. The van der Waals surface area contributed by atoms with Crippen molar-refractivity contribution in [3.8, 4) is 28.5 Å². The van der Waals surface area contributed by atoms with Gasteiger partial charge in [-0.3, -0.25) is 4.79 Å². The minimum absolute atomic E-state index is 0.161. The highest BCUT2D eigenvalue weighted by Crippen LogP contribution is 2.27. The second-order valence-electron chi connectivity index (χ2n) is 5.80. The molecule has 0 aliphatic carbocycles. The predicted octanol–water partition coefficient (Wildman–Crippen LogP) is 1.55. The number of amides is 1. The van der Waals surface area contributed by atoms with E-state index in [4.69, 9.17) is 15.0 Å². The molecular weight excluding hydrogens is 362 g/mol. The minimum atomic E-state index is -0.495. The number of tetrazole rings is 1. The SMILES string of the molecule is COc1ccccc1-c1noc(Cn2nnc(-c3ccc(C(N)=O)cc3)n2)n1. The first kappa shape index (κ1) is 17.3. The van der Waals surface area contributed by atoms with Gasteiger partial charge in [-0.25, -0.2) is 0 Å². The van der Waals surface area contributed by atoms with Gasteiger partial charge in [0, 0.05) is 11.1 Å². The second kappa shape index (κ2) is 7.27. The molecule has 0 radical (unpaired) electrons. The number of aromatic nitrogens is 6. The standard InChI is InChI=1S/C18H15N7O3/c1-27-14-5-3-2-4-13(14)18-20-15(28-23-18)10-25-22-17(21-24-25)12-8-6-11(7-9-12)16(19)26/h2-9H,10H2,1H3,(H2,19,26). The number of hydrogen-bond acceptors (Lipinski definition) is 8. The topological polar surface area (TPSA) is 135 Å². The van der Waals surface area contributed by atoms with Crippen LogP contribution in [0.15, 0.2) is 53.1 Å². The van der Waals surface area contributed by atoms with Gasteiger partial charge in [-0.15, -0.1) is 10.2 Å². The number of para-hydroxylation sites is 1. The van der Waals surface area contributed by atoms with E-state index in [1.807, 2.05) is 24.3 Å². The summed E-state index contributed by atoms with van der Waals surface area (Å²) in [5, 5.41) is 16.3. The molecule has 2 N–H and O–H groups in total. The molecule has 4 rings (SSSR count). The molecule has 140 valence electrons. The molecule has 0 spiro atoms. The Kier molecular flexibility index (Phi) is 4.50. The number of carbonyl (C=O) groups is 1. The van der Waals surface area contributed by atoms with E-state index in [1.165, 1.54) is 4.80 Å². The Bertz CT molecular complexity index is 1120. The quantitative estimate of drug-likeness (QED) is 0.535. The van der Waals surface area contributed by atoms with Crippen molar-refractivity contribution in [2.75, 3.05) is 7.11 Å². The first-order chi connectivity index (χ1) is 13.6. The Morgan fingerprint density at radius 3 is 2.68 bits per heavy atom. The van der Waals surface area contributed by atoms with Crippen LogP contribution >= 0.6 is 0 Å². The number of benzene rings is 2. The van der Waals surface area contributed by atoms with Gasteiger partial charge < -0.3 is 15.0 Å². The van der Waals surface area contributed by atoms with Crippen LogP contribution in [-0.2, 0) is 6.54 Å². The van der Waals surface area contributed by atoms with Crippen molar-refractivity contribution in [1.29, 1.82) is 0 Å². The van der Waals surface area contributed by atoms with E-state index in [1.54, 1.807) is 31.4 Å². The van der Waals surface area contributed by atoms with Crippen LogP contribution < -0.4 is 10.5 Å². The summed E-state index contributed by atoms with van der Waals surface area (Å²) in [5.41, 5.74) is 7.07. The molecule has 28 heavy (non-hydrogen) atoms. The van der Waals surface area contributed by atoms with Crippen LogP contribution in [0.4, 0.5) is 0 Å². The molecule has 0 aliphatic heterocycles. The van der Waals surface area contributed by atoms with E-state index in [0.717, 1.165) is 5.56 Å². The molecule has 0 saturated heterocycles. The number of nitrogens with zero attached hydrogens (tertiary/aromatic N) is 6. The largest absolute Gasteiger partial charge is 0.496 e. The molecule has 1 amide bonds. The molecule has 0 atom stereocenters. The van der Waals surface area contributed by atoms with E-state index in [2.05, 4.69) is 25.6 Å². The molecule has 2 heterocycles. The number of primary amides is 1. The van der Waals surface area contributed by atoms with E-state index < -0.39 is 5.91 Å². The zero-order valence-corrected chi connectivity index (χ0v) is 14.8. The van der Waals surface area contributed by atoms with E-state index in [0.29, 0.717) is 34.4 Å². The molecular formula is C18H15N7O3. The molecule has 4 aromatic rings. The monoisotopic (exact) mass is 377 g/mol. The van der Waals surface area contributed by atoms with Crippen molar-refractivity contribution in [3.63, 3.8) is 0 Å². The summed E-state index contributed by atoms with van der Waals surface area (Å²) in [7, 11) is 1.58. The minimum Gasteiger partial charge on any atom is -0.496 e. The summed E-state index contributed by atoms with van der Waals surface area (Å²) >= 11 is 0. The lowest BCUT2D eigenvalue weighted by atomic mass is 10.1. The van der Waals surface area contributed by atoms with Gasteiger partial charge in [0.25, 0.3) is 5.89 Å². The van der Waals surface area contributed by atoms with Crippen molar-refractivity contribution >= 4 is 5.91 Å². The zero-order chi connectivity index (χ0) is 19.5. The van der Waals surface area contributed by atoms with Crippen molar-refractivity contribution in [3.05, 3.63) is 60.0 Å². The maximum Gasteiger partial charge on any atom is 0.250 e. The molecule has 0 unspecified atom stereocenters. The predicted molar refractivity (Wildman–Crippen MR) is 97.2 cm³/mol. The fourth-order valence-electron chi connectivity index (χ4n) is 2.59. The Labute approximate surface area is 158 Å². The third-order valence-electron chi connectivity index (χ3n) is 3.97. The summed E-state index contributed by atoms with van der Waals surface area (Å²) in [6.45, 7) is 0.161. The Morgan fingerprint density at radius 1 is 1.14 bits per heavy atom. The first-order valence-electron chi connectivity index (χ1n) is 8.28. The van der Waals surface area contributed by atoms with Gasteiger partial charge in [0.2, 0.25) is 17.6 Å². The average Bonchev–Trinajstić information content (AvgIpc) is 3.38. The number of carbonyl (C=O) groups excluding carboxylic acids is 1. The summed E-state index contributed by atoms with van der Waals surface area (Å²) in [4.78, 5) is 16.8. The highest BCUT2D eigenvalue weighted by Gasteiger charge is 2.15. The third kappa shape index (κ3) is 3.43. The number of methoxy groups -OCH3 is 1. The van der Waals surface area contributed by atoms with Gasteiger partial charge in [-0.05, 0) is 29.5 Å². The molecule has 0 saturated carbocycles. The smallest absolute Gasteiger partial charge is 0.250 e. The molecule has 10 heteroatoms. The van der Waals surface area contributed by atoms with Crippen LogP contribution in [0.2, 0.25) is 0 Å². The maximum atomic E-state index is 11.1. The fourth-order valence-corrected chi connectivity index (χ4v) is 2.59. The summed E-state index contributed by atoms with van der Waals surface area (Å²) < 4.78 is 10.6. The molecule has 0 fully saturated rings. The van der Waals surface area contributed by atoms with Crippen LogP contribution in [0, 0.1) is 0 Å². The van der Waals surface area contributed by atoms with Gasteiger partial charge >= 0.3 is 0 Å². The maximum absolute atomic E-state index is 11.1. The number of rotatable bonds is 6. The van der Waals surface area contributed by atoms with Crippen LogP contribution in [0.5, 0.6) is 5.75 Å². The van der Waals surface area contributed by atoms with Gasteiger partial charge in [-0.2, -0.15) is 9.78 Å². The molecule has 2 aromatic carbocycles. The normalized spacial score (nSPS) is 10.8. The summed E-state index contributed by atoms with van der Waals surface area (Å²) in [5.74, 6) is 1.30. The number of ether oxygens (including phenoxy) is 1. The van der Waals surface area contributed by atoms with E-state index >= 15 is 0 Å². The molecule has 0 aliphatic rings. The number of hydrogen-bond donors (Lipinski definition) is 1. The first-order valence-corrected chi connectivity index (χ1v) is 8.28. The Balaban J connectivity index is 1.52. The van der Waals surface area contributed by atoms with Crippen molar-refractivity contribution in [2.24, 2.45) is 5.73 Å². The molecule has 10 nitrogen and oxygen atoms in total. The lowest BCUT2D eigenvalue weighted by Gasteiger charge is -2.02. The lowest BCUT2D eigenvalue weighted by Crippen LogP contribution is -2.10. The van der Waals surface area contributed by atoms with Crippen molar-refractivity contribution in [2.45, 2.75) is 6.54 Å². The summed E-state index contributed by atoms with van der Waals surface area (Å²) in [6.07, 6.45) is 0. The van der Waals surface area contributed by atoms with Gasteiger partial charge in [0.05, 0.1) is 12.7 Å². The van der Waals surface area contributed by atoms with Crippen LogP contribution in [0.3, 0.4) is 0 Å². The van der Waals surface area contributed by atoms with Crippen LogP contribution in [0.25, 0.3) is 22.8 Å².